The third-order valence-electron chi connectivity index (χ3n) is 5.86. The van der Waals surface area contributed by atoms with E-state index in [4.69, 9.17) is 10.2 Å². The number of hydrogen-bond donors (Lipinski definition) is 10. The Balaban J connectivity index is 2.63. The SMILES string of the molecule is O=C(O)CNCCNC(CCC(=O)N[C@@H](CCC(=O)N[C@@H](CSCC(=O)Nc1ccccc1)C(=O)NCC(=O)O)C(=O)O)C(=O)O. The molecule has 3 atom stereocenters. The first-order valence-electron chi connectivity index (χ1n) is 13.9. The zero-order valence-corrected chi connectivity index (χ0v) is 25.5. The number of para-hydroxylation sites is 1. The number of nitrogens with one attached hydrogen (secondary N) is 6. The molecule has 0 saturated heterocycles. The second kappa shape index (κ2) is 21.9. The van der Waals surface area contributed by atoms with Crippen LogP contribution in [0.2, 0.25) is 0 Å². The summed E-state index contributed by atoms with van der Waals surface area (Å²) in [7, 11) is 0. The molecule has 1 rings (SSSR count). The lowest BCUT2D eigenvalue weighted by Gasteiger charge is -2.19. The van der Waals surface area contributed by atoms with Crippen molar-refractivity contribution in [3.05, 3.63) is 30.3 Å². The lowest BCUT2D eigenvalue weighted by molar-refractivity contribution is -0.143. The standard InChI is InChI=1S/C27H38N6O12S/c34-20(8-6-17(26(42)43)29-11-10-28-12-23(37)38)32-18(27(44)45)7-9-21(35)33-19(25(41)30-13-24(39)40)14-46-15-22(36)31-16-4-2-1-3-5-16/h1-5,17-19,28-29H,6-15H2,(H,30,41)(H,31,36)(H,32,34)(H,33,35)(H,37,38)(H,39,40)(H,42,43)(H,44,45)/t17?,18-,19-/m0/s1. The van der Waals surface area contributed by atoms with Crippen LogP contribution in [0.4, 0.5) is 5.69 Å². The normalized spacial score (nSPS) is 12.5. The molecule has 0 spiro atoms. The van der Waals surface area contributed by atoms with Gasteiger partial charge in [-0.15, -0.1) is 11.8 Å². The highest BCUT2D eigenvalue weighted by Crippen LogP contribution is 2.09. The molecule has 46 heavy (non-hydrogen) atoms. The minimum absolute atomic E-state index is 0.0907. The van der Waals surface area contributed by atoms with E-state index in [9.17, 15) is 48.6 Å². The van der Waals surface area contributed by atoms with E-state index >= 15 is 0 Å². The quantitative estimate of drug-likeness (QED) is 0.0527. The van der Waals surface area contributed by atoms with Crippen molar-refractivity contribution in [3.8, 4) is 0 Å². The van der Waals surface area contributed by atoms with Crippen LogP contribution in [0.15, 0.2) is 30.3 Å². The molecular formula is C27H38N6O12S. The zero-order chi connectivity index (χ0) is 34.5. The van der Waals surface area contributed by atoms with Crippen LogP contribution in [0.3, 0.4) is 0 Å². The van der Waals surface area contributed by atoms with E-state index in [0.717, 1.165) is 11.8 Å². The third kappa shape index (κ3) is 18.1. The summed E-state index contributed by atoms with van der Waals surface area (Å²) in [6, 6.07) is 4.62. The van der Waals surface area contributed by atoms with Gasteiger partial charge in [0.15, 0.2) is 0 Å². The lowest BCUT2D eigenvalue weighted by Crippen LogP contribution is -2.50. The number of aliphatic carboxylic acids is 4. The minimum Gasteiger partial charge on any atom is -0.480 e. The number of thioether (sulfide) groups is 1. The van der Waals surface area contributed by atoms with E-state index in [-0.39, 0.29) is 49.9 Å². The fraction of sp³-hybridized carbons (Fsp3) is 0.481. The molecule has 0 aliphatic heterocycles. The zero-order valence-electron chi connectivity index (χ0n) is 24.7. The van der Waals surface area contributed by atoms with Crippen LogP contribution in [-0.4, -0.2) is 124 Å². The molecule has 254 valence electrons. The highest BCUT2D eigenvalue weighted by molar-refractivity contribution is 8.00. The predicted molar refractivity (Wildman–Crippen MR) is 163 cm³/mol. The van der Waals surface area contributed by atoms with Gasteiger partial charge in [-0.1, -0.05) is 18.2 Å². The predicted octanol–water partition coefficient (Wildman–Crippen LogP) is -2.11. The fourth-order valence-corrected chi connectivity index (χ4v) is 4.49. The van der Waals surface area contributed by atoms with Crippen LogP contribution in [0.1, 0.15) is 25.7 Å². The highest BCUT2D eigenvalue weighted by Gasteiger charge is 2.26. The van der Waals surface area contributed by atoms with Gasteiger partial charge in [0.2, 0.25) is 23.6 Å². The molecule has 1 aromatic carbocycles. The average molecular weight is 671 g/mol. The Morgan fingerprint density at radius 2 is 1.24 bits per heavy atom. The van der Waals surface area contributed by atoms with Crippen molar-refractivity contribution >= 4 is 65.0 Å². The summed E-state index contributed by atoms with van der Waals surface area (Å²) in [5, 5.41) is 50.9. The van der Waals surface area contributed by atoms with Gasteiger partial charge in [-0.25, -0.2) is 4.79 Å². The van der Waals surface area contributed by atoms with Crippen molar-refractivity contribution in [2.45, 2.75) is 43.8 Å². The maximum absolute atomic E-state index is 12.6. The number of carbonyl (C=O) groups excluding carboxylic acids is 4. The van der Waals surface area contributed by atoms with E-state index in [1.165, 1.54) is 0 Å². The Morgan fingerprint density at radius 1 is 0.674 bits per heavy atom. The lowest BCUT2D eigenvalue weighted by atomic mass is 10.1. The van der Waals surface area contributed by atoms with Gasteiger partial charge in [-0.3, -0.25) is 33.6 Å². The van der Waals surface area contributed by atoms with Gasteiger partial charge in [0.25, 0.3) is 0 Å². The maximum Gasteiger partial charge on any atom is 0.326 e. The van der Waals surface area contributed by atoms with E-state index in [2.05, 4.69) is 31.9 Å². The number of amides is 4. The minimum atomic E-state index is -1.52. The number of anilines is 1. The van der Waals surface area contributed by atoms with E-state index in [1.807, 2.05) is 0 Å². The topological polar surface area (TPSA) is 290 Å². The molecule has 0 fully saturated rings. The number of rotatable bonds is 24. The number of hydrogen-bond acceptors (Lipinski definition) is 11. The molecule has 0 radical (unpaired) electrons. The van der Waals surface area contributed by atoms with Crippen molar-refractivity contribution in [1.29, 1.82) is 0 Å². The molecule has 19 heteroatoms. The van der Waals surface area contributed by atoms with Gasteiger partial charge >= 0.3 is 23.9 Å². The molecule has 0 saturated carbocycles. The van der Waals surface area contributed by atoms with Crippen LogP contribution in [0.5, 0.6) is 0 Å². The fourth-order valence-electron chi connectivity index (χ4n) is 3.64. The first kappa shape index (κ1) is 39.3. The molecule has 0 aliphatic rings. The second-order valence-corrected chi connectivity index (χ2v) is 10.6. The molecule has 0 aromatic heterocycles. The molecule has 0 aliphatic carbocycles. The van der Waals surface area contributed by atoms with Gasteiger partial charge in [0.1, 0.15) is 24.7 Å². The van der Waals surface area contributed by atoms with E-state index in [0.29, 0.717) is 5.69 Å². The summed E-state index contributed by atoms with van der Waals surface area (Å²) in [6.07, 6.45) is -1.43. The summed E-state index contributed by atoms with van der Waals surface area (Å²) >= 11 is 0.989. The Bertz CT molecular complexity index is 1220. The summed E-state index contributed by atoms with van der Waals surface area (Å²) in [6.45, 7) is -0.803. The van der Waals surface area contributed by atoms with Crippen LogP contribution in [0.25, 0.3) is 0 Å². The summed E-state index contributed by atoms with van der Waals surface area (Å²) < 4.78 is 0. The van der Waals surface area contributed by atoms with Gasteiger partial charge < -0.3 is 52.3 Å². The van der Waals surface area contributed by atoms with Gasteiger partial charge in [0, 0.05) is 37.4 Å². The van der Waals surface area contributed by atoms with E-state index < -0.39 is 79.1 Å². The number of carbonyl (C=O) groups is 8. The van der Waals surface area contributed by atoms with Crippen molar-refractivity contribution in [2.24, 2.45) is 0 Å². The number of carboxylic acid groups (broad SMARTS) is 4. The second-order valence-electron chi connectivity index (χ2n) is 9.61. The van der Waals surface area contributed by atoms with Crippen molar-refractivity contribution < 1.29 is 58.8 Å². The van der Waals surface area contributed by atoms with Gasteiger partial charge in [0.05, 0.1) is 12.3 Å². The van der Waals surface area contributed by atoms with Crippen LogP contribution in [0, 0.1) is 0 Å². The van der Waals surface area contributed by atoms with Gasteiger partial charge in [-0.2, -0.15) is 0 Å². The van der Waals surface area contributed by atoms with Crippen LogP contribution >= 0.6 is 11.8 Å². The molecular weight excluding hydrogens is 632 g/mol. The third-order valence-corrected chi connectivity index (χ3v) is 6.90. The highest BCUT2D eigenvalue weighted by atomic mass is 32.2. The van der Waals surface area contributed by atoms with E-state index in [1.54, 1.807) is 30.3 Å². The van der Waals surface area contributed by atoms with Crippen molar-refractivity contribution in [3.63, 3.8) is 0 Å². The molecule has 4 amide bonds. The molecule has 0 heterocycles. The summed E-state index contributed by atoms with van der Waals surface area (Å²) in [5.74, 6) is -8.15. The molecule has 10 N–H and O–H groups in total. The maximum atomic E-state index is 12.6. The largest absolute Gasteiger partial charge is 0.480 e. The Hall–Kier alpha value is -4.75. The van der Waals surface area contributed by atoms with Crippen molar-refractivity contribution in [1.82, 2.24) is 26.6 Å². The Kier molecular flexibility index (Phi) is 18.7. The molecule has 0 bridgehead atoms. The number of carboxylic acids is 4. The van der Waals surface area contributed by atoms with Crippen molar-refractivity contribution in [2.75, 3.05) is 43.0 Å². The van der Waals surface area contributed by atoms with Crippen LogP contribution < -0.4 is 31.9 Å². The molecule has 1 aromatic rings. The summed E-state index contributed by atoms with van der Waals surface area (Å²) in [4.78, 5) is 94.2. The summed E-state index contributed by atoms with van der Waals surface area (Å²) in [5.41, 5.74) is 0.554. The van der Waals surface area contributed by atoms with Crippen LogP contribution in [-0.2, 0) is 38.4 Å². The smallest absolute Gasteiger partial charge is 0.326 e. The monoisotopic (exact) mass is 670 g/mol. The Morgan fingerprint density at radius 3 is 1.80 bits per heavy atom. The first-order valence-corrected chi connectivity index (χ1v) is 15.1. The van der Waals surface area contributed by atoms with Gasteiger partial charge in [-0.05, 0) is 25.0 Å². The average Bonchev–Trinajstić information content (AvgIpc) is 2.98. The molecule has 1 unspecified atom stereocenters. The number of benzene rings is 1. The molecule has 18 nitrogen and oxygen atoms in total. The first-order chi connectivity index (χ1) is 21.8. The Labute approximate surface area is 267 Å².